The van der Waals surface area contributed by atoms with Crippen LogP contribution in [0.1, 0.15) is 32.4 Å². The third-order valence-electron chi connectivity index (χ3n) is 2.69. The van der Waals surface area contributed by atoms with Crippen LogP contribution in [0, 0.1) is 0 Å². The Labute approximate surface area is 152 Å². The zero-order chi connectivity index (χ0) is 12.7. The van der Waals surface area contributed by atoms with Crippen molar-refractivity contribution in [2.45, 2.75) is 39.2 Å². The first-order valence-electron chi connectivity index (χ1n) is 6.19. The van der Waals surface area contributed by atoms with Crippen LogP contribution in [-0.4, -0.2) is 34.8 Å². The molecule has 0 aliphatic heterocycles. The van der Waals surface area contributed by atoms with Gasteiger partial charge in [-0.2, -0.15) is 0 Å². The molecule has 1 atom stereocenters. The second kappa shape index (κ2) is 10.2. The maximum absolute atomic E-state index is 10.6. The van der Waals surface area contributed by atoms with E-state index in [2.05, 4.69) is 28.9 Å². The average molecular weight is 278 g/mol. The smallest absolute Gasteiger partial charge is 0.654 e. The number of carbonyl (C=O) groups is 1. The largest absolute Gasteiger partial charge is 1.00 e. The van der Waals surface area contributed by atoms with Crippen LogP contribution in [0.3, 0.4) is 0 Å². The zero-order valence-electron chi connectivity index (χ0n) is 12.0. The van der Waals surface area contributed by atoms with Gasteiger partial charge >= 0.3 is 51.4 Å². The SMILES string of the molecule is CC(=O)[N-]CCCC(C)NCCc1cn(C)[nH]1.[K+]. The van der Waals surface area contributed by atoms with Crippen LogP contribution < -0.4 is 56.7 Å². The van der Waals surface area contributed by atoms with E-state index in [0.29, 0.717) is 12.6 Å². The summed E-state index contributed by atoms with van der Waals surface area (Å²) in [5, 5.41) is 10.5. The molecule has 0 aliphatic rings. The van der Waals surface area contributed by atoms with Crippen LogP contribution >= 0.6 is 0 Å². The summed E-state index contributed by atoms with van der Waals surface area (Å²) in [6.45, 7) is 5.30. The molecule has 0 aromatic carbocycles. The number of aryl methyl sites for hydroxylation is 1. The van der Waals surface area contributed by atoms with Crippen molar-refractivity contribution < 1.29 is 56.2 Å². The van der Waals surface area contributed by atoms with Crippen molar-refractivity contribution >= 4 is 5.91 Å². The first-order chi connectivity index (χ1) is 8.08. The van der Waals surface area contributed by atoms with Gasteiger partial charge in [-0.25, -0.2) is 0 Å². The molecule has 1 heterocycles. The summed E-state index contributed by atoms with van der Waals surface area (Å²) >= 11 is 0. The van der Waals surface area contributed by atoms with Crippen molar-refractivity contribution in [3.8, 4) is 0 Å². The van der Waals surface area contributed by atoms with Gasteiger partial charge in [0.25, 0.3) is 0 Å². The number of nitrogens with zero attached hydrogens (tertiary/aromatic N) is 2. The van der Waals surface area contributed by atoms with Gasteiger partial charge in [0.1, 0.15) is 0 Å². The first-order valence-corrected chi connectivity index (χ1v) is 6.19. The number of carbonyl (C=O) groups excluding carboxylic acids is 1. The third kappa shape index (κ3) is 8.50. The topological polar surface area (TPSA) is 63.9 Å². The van der Waals surface area contributed by atoms with E-state index in [-0.39, 0.29) is 57.3 Å². The van der Waals surface area contributed by atoms with Crippen molar-refractivity contribution in [3.63, 3.8) is 0 Å². The molecule has 0 fully saturated rings. The standard InChI is InChI=1S/C12H24N4O.K/c1-10(5-4-7-14-11(2)17)13-8-6-12-9-16(3)15-12;/h9-10,13,15H,4-8H2,1-3H3,(H,14,17);/q;+1/p-1. The van der Waals surface area contributed by atoms with E-state index in [0.717, 1.165) is 25.8 Å². The molecule has 1 amide bonds. The molecule has 5 nitrogen and oxygen atoms in total. The van der Waals surface area contributed by atoms with Gasteiger partial charge < -0.3 is 20.5 Å². The minimum absolute atomic E-state index is 0. The molecule has 1 aromatic rings. The molecule has 6 heteroatoms. The van der Waals surface area contributed by atoms with Gasteiger partial charge in [-0.3, -0.25) is 4.68 Å². The number of H-pyrrole nitrogens is 1. The van der Waals surface area contributed by atoms with Gasteiger partial charge in [0.15, 0.2) is 0 Å². The second-order valence-corrected chi connectivity index (χ2v) is 4.53. The molecule has 0 saturated heterocycles. The molecule has 1 rings (SSSR count). The third-order valence-corrected chi connectivity index (χ3v) is 2.69. The normalized spacial score (nSPS) is 11.9. The molecule has 0 spiro atoms. The molecular formula is C12H23KN4O. The number of rotatable bonds is 8. The summed E-state index contributed by atoms with van der Waals surface area (Å²) in [5.41, 5.74) is 1.28. The quantitative estimate of drug-likeness (QED) is 0.453. The van der Waals surface area contributed by atoms with Crippen molar-refractivity contribution in [1.82, 2.24) is 15.1 Å². The molecule has 0 aliphatic carbocycles. The van der Waals surface area contributed by atoms with Crippen molar-refractivity contribution in [3.05, 3.63) is 17.2 Å². The number of nitrogens with one attached hydrogen (secondary N) is 2. The van der Waals surface area contributed by atoms with Gasteiger partial charge in [0.05, 0.1) is 5.69 Å². The Morgan fingerprint density at radius 2 is 2.28 bits per heavy atom. The molecule has 1 aromatic heterocycles. The van der Waals surface area contributed by atoms with Crippen molar-refractivity contribution in [1.29, 1.82) is 0 Å². The van der Waals surface area contributed by atoms with E-state index in [4.69, 9.17) is 0 Å². The fraction of sp³-hybridized carbons (Fsp3) is 0.750. The molecular weight excluding hydrogens is 255 g/mol. The van der Waals surface area contributed by atoms with Crippen molar-refractivity contribution in [2.24, 2.45) is 7.05 Å². The predicted octanol–water partition coefficient (Wildman–Crippen LogP) is -1.42. The van der Waals surface area contributed by atoms with Gasteiger partial charge in [-0.15, -0.1) is 6.54 Å². The van der Waals surface area contributed by atoms with Crippen LogP contribution in [0.5, 0.6) is 0 Å². The van der Waals surface area contributed by atoms with E-state index in [1.54, 1.807) is 0 Å². The zero-order valence-corrected chi connectivity index (χ0v) is 15.1. The first kappa shape index (κ1) is 18.4. The molecule has 2 N–H and O–H groups in total. The number of aromatic amines is 1. The fourth-order valence-electron chi connectivity index (χ4n) is 1.77. The predicted molar refractivity (Wildman–Crippen MR) is 69.1 cm³/mol. The summed E-state index contributed by atoms with van der Waals surface area (Å²) in [5.74, 6) is -0.0715. The van der Waals surface area contributed by atoms with Gasteiger partial charge in [-0.1, -0.05) is 6.42 Å². The van der Waals surface area contributed by atoms with E-state index < -0.39 is 0 Å². The summed E-state index contributed by atoms with van der Waals surface area (Å²) in [6, 6.07) is 0.482. The van der Waals surface area contributed by atoms with E-state index in [9.17, 15) is 4.79 Å². The summed E-state index contributed by atoms with van der Waals surface area (Å²) in [4.78, 5) is 10.6. The number of hydrogen-bond acceptors (Lipinski definition) is 2. The van der Waals surface area contributed by atoms with Crippen molar-refractivity contribution in [2.75, 3.05) is 13.1 Å². The molecule has 98 valence electrons. The fourth-order valence-corrected chi connectivity index (χ4v) is 1.77. The maximum atomic E-state index is 10.6. The Kier molecular flexibility index (Phi) is 10.5. The van der Waals surface area contributed by atoms with Crippen LogP contribution in [0.2, 0.25) is 0 Å². The van der Waals surface area contributed by atoms with Crippen LogP contribution in [0.15, 0.2) is 6.20 Å². The van der Waals surface area contributed by atoms with Crippen LogP contribution in [0.4, 0.5) is 0 Å². The Bertz CT molecular complexity index is 323. The average Bonchev–Trinajstić information content (AvgIpc) is 2.21. The Morgan fingerprint density at radius 1 is 1.61 bits per heavy atom. The molecule has 0 radical (unpaired) electrons. The Balaban J connectivity index is 0.00000289. The van der Waals surface area contributed by atoms with E-state index >= 15 is 0 Å². The monoisotopic (exact) mass is 278 g/mol. The molecule has 0 saturated carbocycles. The van der Waals surface area contributed by atoms with Crippen LogP contribution in [-0.2, 0) is 18.3 Å². The molecule has 0 bridgehead atoms. The second-order valence-electron chi connectivity index (χ2n) is 4.53. The Hall–Kier alpha value is 0.406. The maximum Gasteiger partial charge on any atom is 1.00 e. The van der Waals surface area contributed by atoms with Gasteiger partial charge in [0.2, 0.25) is 0 Å². The van der Waals surface area contributed by atoms with Crippen LogP contribution in [0.25, 0.3) is 5.32 Å². The number of aromatic nitrogens is 2. The minimum Gasteiger partial charge on any atom is -0.654 e. The summed E-state index contributed by atoms with van der Waals surface area (Å²) < 4.78 is 1.95. The van der Waals surface area contributed by atoms with Gasteiger partial charge in [-0.05, 0) is 20.3 Å². The molecule has 1 unspecified atom stereocenters. The number of hydrogen-bond donors (Lipinski definition) is 2. The van der Waals surface area contributed by atoms with E-state index in [1.165, 1.54) is 12.6 Å². The summed E-state index contributed by atoms with van der Waals surface area (Å²) in [7, 11) is 1.98. The van der Waals surface area contributed by atoms with Gasteiger partial charge in [0, 0.05) is 38.2 Å². The Morgan fingerprint density at radius 3 is 2.83 bits per heavy atom. The summed E-state index contributed by atoms with van der Waals surface area (Å²) in [6.07, 6.45) is 5.16. The van der Waals surface area contributed by atoms with E-state index in [1.807, 2.05) is 11.7 Å². The molecule has 18 heavy (non-hydrogen) atoms. The number of amides is 1. The minimum atomic E-state index is -0.0715.